The van der Waals surface area contributed by atoms with Crippen molar-refractivity contribution in [3.8, 4) is 22.3 Å². The molecule has 0 saturated carbocycles. The summed E-state index contributed by atoms with van der Waals surface area (Å²) in [6, 6.07) is 36.3. The van der Waals surface area contributed by atoms with E-state index < -0.39 is 23.2 Å². The van der Waals surface area contributed by atoms with Crippen molar-refractivity contribution in [2.75, 3.05) is 0 Å². The summed E-state index contributed by atoms with van der Waals surface area (Å²) < 4.78 is 0.729. The monoisotopic (exact) mass is 594 g/mol. The van der Waals surface area contributed by atoms with Crippen molar-refractivity contribution in [3.63, 3.8) is 0 Å². The molecule has 3 heteroatoms. The van der Waals surface area contributed by atoms with Gasteiger partial charge in [-0.3, -0.25) is 0 Å². The fourth-order valence-electron chi connectivity index (χ4n) is 7.46. The molecule has 2 atom stereocenters. The number of fused-ring (bicyclic) bond motifs is 2. The van der Waals surface area contributed by atoms with Crippen LogP contribution in [0.2, 0.25) is 0 Å². The first kappa shape index (κ1) is 25.1. The third-order valence-corrected chi connectivity index (χ3v) is 15.2. The normalized spacial score (nSPS) is 23.4. The van der Waals surface area contributed by atoms with Gasteiger partial charge in [0.05, 0.1) is 0 Å². The average molecular weight is 597 g/mol. The van der Waals surface area contributed by atoms with Crippen LogP contribution in [0, 0.1) is 0 Å². The summed E-state index contributed by atoms with van der Waals surface area (Å²) in [5.41, 5.74) is 15.4. The van der Waals surface area contributed by atoms with Gasteiger partial charge >= 0.3 is 220 Å². The second-order valence-electron chi connectivity index (χ2n) is 10.5. The maximum atomic E-state index is 2.63. The third-order valence-electron chi connectivity index (χ3n) is 9.00. The Bertz CT molecular complexity index is 1450. The summed E-state index contributed by atoms with van der Waals surface area (Å²) >= 11 is -0.882. The Morgan fingerprint density at radius 3 is 1.35 bits per heavy atom. The molecule has 2 unspecified atom stereocenters. The SMILES string of the molecule is C1=C2CCC3=Cc4c(-c5ccccc5)cccc4[C]34CC[C]2([Zr+2]4)c2cccc(-c3ccccc3)c21.[Cl-].[Cl-]. The molecular weight excluding hydrogens is 571 g/mol. The molecular formula is C34H26Cl2Zr. The second kappa shape index (κ2) is 9.23. The quantitative estimate of drug-likeness (QED) is 0.334. The molecule has 8 rings (SSSR count). The third kappa shape index (κ3) is 3.44. The van der Waals surface area contributed by atoms with Gasteiger partial charge in [-0.25, -0.2) is 0 Å². The number of allylic oxidation sites excluding steroid dienone is 2. The summed E-state index contributed by atoms with van der Waals surface area (Å²) in [5.74, 6) is 0. The molecule has 2 heterocycles. The van der Waals surface area contributed by atoms with E-state index in [4.69, 9.17) is 0 Å². The summed E-state index contributed by atoms with van der Waals surface area (Å²) in [7, 11) is 0. The first-order chi connectivity index (χ1) is 17.3. The minimum atomic E-state index is -0.882. The van der Waals surface area contributed by atoms with Gasteiger partial charge in [0, 0.05) is 0 Å². The van der Waals surface area contributed by atoms with Crippen LogP contribution >= 0.6 is 0 Å². The van der Waals surface area contributed by atoms with Gasteiger partial charge in [0.2, 0.25) is 0 Å². The van der Waals surface area contributed by atoms with Crippen molar-refractivity contribution < 1.29 is 48.0 Å². The van der Waals surface area contributed by atoms with Crippen molar-refractivity contribution in [3.05, 3.63) is 130 Å². The zero-order valence-electron chi connectivity index (χ0n) is 20.5. The van der Waals surface area contributed by atoms with Gasteiger partial charge in [-0.05, 0) is 0 Å². The van der Waals surface area contributed by atoms with Crippen LogP contribution in [0.5, 0.6) is 0 Å². The van der Waals surface area contributed by atoms with E-state index >= 15 is 0 Å². The van der Waals surface area contributed by atoms with Crippen LogP contribution in [0.25, 0.3) is 34.4 Å². The molecule has 2 aliphatic carbocycles. The van der Waals surface area contributed by atoms with Gasteiger partial charge in [0.15, 0.2) is 0 Å². The zero-order chi connectivity index (χ0) is 23.0. The smallest absolute Gasteiger partial charge is 1.00 e. The van der Waals surface area contributed by atoms with Gasteiger partial charge in [-0.15, -0.1) is 0 Å². The van der Waals surface area contributed by atoms with Crippen molar-refractivity contribution in [1.29, 1.82) is 0 Å². The Morgan fingerprint density at radius 2 is 0.919 bits per heavy atom. The predicted molar refractivity (Wildman–Crippen MR) is 142 cm³/mol. The van der Waals surface area contributed by atoms with Gasteiger partial charge in [0.25, 0.3) is 0 Å². The van der Waals surface area contributed by atoms with E-state index in [2.05, 4.69) is 109 Å². The van der Waals surface area contributed by atoms with E-state index in [0.29, 0.717) is 6.25 Å². The molecule has 4 aromatic rings. The number of benzene rings is 4. The molecule has 4 aromatic carbocycles. The first-order valence-corrected chi connectivity index (χ1v) is 15.3. The van der Waals surface area contributed by atoms with Crippen LogP contribution in [-0.4, -0.2) is 0 Å². The Labute approximate surface area is 243 Å². The van der Waals surface area contributed by atoms with Crippen molar-refractivity contribution in [2.24, 2.45) is 0 Å². The van der Waals surface area contributed by atoms with E-state index in [1.165, 1.54) is 59.1 Å². The molecule has 4 aliphatic rings. The molecule has 0 radical (unpaired) electrons. The number of hydrogen-bond donors (Lipinski definition) is 0. The van der Waals surface area contributed by atoms with E-state index in [9.17, 15) is 0 Å². The van der Waals surface area contributed by atoms with Crippen molar-refractivity contribution in [2.45, 2.75) is 31.9 Å². The van der Waals surface area contributed by atoms with E-state index in [1.807, 2.05) is 0 Å². The molecule has 0 nitrogen and oxygen atoms in total. The fourth-order valence-corrected chi connectivity index (χ4v) is 14.0. The Hall–Kier alpha value is -2.18. The topological polar surface area (TPSA) is 0 Å². The summed E-state index contributed by atoms with van der Waals surface area (Å²) in [4.78, 5) is 0. The van der Waals surface area contributed by atoms with Gasteiger partial charge < -0.3 is 24.8 Å². The molecule has 180 valence electrons. The second-order valence-corrected chi connectivity index (χ2v) is 15.4. The number of rotatable bonds is 2. The van der Waals surface area contributed by atoms with Crippen molar-refractivity contribution >= 4 is 12.2 Å². The molecule has 37 heavy (non-hydrogen) atoms. The number of hydrogen-bond acceptors (Lipinski definition) is 0. The van der Waals surface area contributed by atoms with E-state index in [0.717, 1.165) is 0 Å². The fraction of sp³-hybridized carbons (Fsp3) is 0.176. The Kier molecular flexibility index (Phi) is 6.27. The van der Waals surface area contributed by atoms with E-state index in [1.54, 1.807) is 22.3 Å². The largest absolute Gasteiger partial charge is 1.00 e. The average Bonchev–Trinajstić information content (AvgIpc) is 3.53. The zero-order valence-corrected chi connectivity index (χ0v) is 24.4. The molecule has 2 bridgehead atoms. The van der Waals surface area contributed by atoms with Crippen LogP contribution in [0.1, 0.15) is 47.9 Å². The summed E-state index contributed by atoms with van der Waals surface area (Å²) in [5, 5.41) is 0. The van der Waals surface area contributed by atoms with Gasteiger partial charge in [-0.1, -0.05) is 0 Å². The van der Waals surface area contributed by atoms with Crippen LogP contribution < -0.4 is 24.8 Å². The van der Waals surface area contributed by atoms with Crippen LogP contribution in [0.15, 0.2) is 108 Å². The molecule has 2 spiro atoms. The predicted octanol–water partition coefficient (Wildman–Crippen LogP) is 2.58. The van der Waals surface area contributed by atoms with Gasteiger partial charge in [0.1, 0.15) is 0 Å². The van der Waals surface area contributed by atoms with Crippen molar-refractivity contribution in [1.82, 2.24) is 0 Å². The molecule has 0 amide bonds. The van der Waals surface area contributed by atoms with Gasteiger partial charge in [-0.2, -0.15) is 0 Å². The van der Waals surface area contributed by atoms with Crippen LogP contribution in [0.4, 0.5) is 0 Å². The van der Waals surface area contributed by atoms with Crippen LogP contribution in [0.3, 0.4) is 0 Å². The molecule has 0 aromatic heterocycles. The van der Waals surface area contributed by atoms with E-state index in [-0.39, 0.29) is 24.8 Å². The number of halogens is 2. The summed E-state index contributed by atoms with van der Waals surface area (Å²) in [6.07, 6.45) is 10.4. The minimum Gasteiger partial charge on any atom is -1.00 e. The molecule has 2 aliphatic heterocycles. The minimum absolute atomic E-state index is 0. The van der Waals surface area contributed by atoms with Crippen LogP contribution in [-0.2, 0) is 29.5 Å². The summed E-state index contributed by atoms with van der Waals surface area (Å²) in [6.45, 7) is 0. The maximum Gasteiger partial charge on any atom is -1.00 e. The first-order valence-electron chi connectivity index (χ1n) is 12.9. The molecule has 2 saturated heterocycles. The maximum absolute atomic E-state index is 2.63. The molecule has 2 fully saturated rings. The Balaban J connectivity index is 0.00000126. The Morgan fingerprint density at radius 1 is 0.486 bits per heavy atom. The standard InChI is InChI=1S/C34H26.2ClH.Zr/c1-3-9-23(10-4-1)27-13-7-15-31-29-19-20-30-26(18-17-25(29)21-33(27)31)22-34-28(14-8-16-32(30)34)24-11-5-2-6-12-24;;;/h1-16,21-22H,17-20H2;2*1H;/q;;;+2/p-2. The molecule has 0 N–H and O–H groups in total.